The summed E-state index contributed by atoms with van der Waals surface area (Å²) in [4.78, 5) is 12.1. The minimum Gasteiger partial charge on any atom is -0.432 e. The lowest BCUT2D eigenvalue weighted by atomic mass is 9.57. The van der Waals surface area contributed by atoms with Crippen molar-refractivity contribution in [2.24, 2.45) is 23.7 Å². The molecule has 0 aromatic rings. The van der Waals surface area contributed by atoms with E-state index in [4.69, 9.17) is 14.2 Å². The Kier molecular flexibility index (Phi) is 2.26. The molecule has 0 radical (unpaired) electrons. The molecule has 0 amide bonds. The van der Waals surface area contributed by atoms with Crippen molar-refractivity contribution in [3.63, 3.8) is 0 Å². The summed E-state index contributed by atoms with van der Waals surface area (Å²) in [6.07, 6.45) is 3.76. The van der Waals surface area contributed by atoms with Gasteiger partial charge in [-0.3, -0.25) is 4.79 Å². The van der Waals surface area contributed by atoms with Gasteiger partial charge in [-0.2, -0.15) is 0 Å². The molecule has 4 unspecified atom stereocenters. The Morgan fingerprint density at radius 2 is 1.95 bits per heavy atom. The van der Waals surface area contributed by atoms with E-state index in [-0.39, 0.29) is 23.4 Å². The van der Waals surface area contributed by atoms with E-state index in [1.807, 2.05) is 13.8 Å². The molecule has 1 aliphatic carbocycles. The largest absolute Gasteiger partial charge is 0.432 e. The lowest BCUT2D eigenvalue weighted by Crippen LogP contribution is -2.65. The molecular formula is C15H22O4. The predicted octanol–water partition coefficient (Wildman–Crippen LogP) is 2.46. The molecule has 0 aromatic carbocycles. The second kappa shape index (κ2) is 3.53. The van der Waals surface area contributed by atoms with Gasteiger partial charge in [-0.1, -0.05) is 13.8 Å². The Morgan fingerprint density at radius 3 is 2.74 bits per heavy atom. The Hall–Kier alpha value is -0.610. The normalized spacial score (nSPS) is 59.5. The highest BCUT2D eigenvalue weighted by atomic mass is 16.8. The first-order chi connectivity index (χ1) is 8.96. The van der Waals surface area contributed by atoms with Crippen molar-refractivity contribution in [3.8, 4) is 0 Å². The maximum absolute atomic E-state index is 12.1. The van der Waals surface area contributed by atoms with Gasteiger partial charge in [-0.25, -0.2) is 0 Å². The molecule has 4 nitrogen and oxygen atoms in total. The zero-order valence-electron chi connectivity index (χ0n) is 11.8. The molecule has 4 aliphatic rings. The van der Waals surface area contributed by atoms with Crippen molar-refractivity contribution in [1.82, 2.24) is 0 Å². The Balaban J connectivity index is 1.84. The molecule has 3 heterocycles. The maximum Gasteiger partial charge on any atom is 0.311 e. The second-order valence-electron chi connectivity index (χ2n) is 7.07. The van der Waals surface area contributed by atoms with E-state index < -0.39 is 12.1 Å². The van der Waals surface area contributed by atoms with Gasteiger partial charge in [0.05, 0.1) is 5.92 Å². The molecule has 3 aliphatic heterocycles. The van der Waals surface area contributed by atoms with Crippen LogP contribution < -0.4 is 0 Å². The van der Waals surface area contributed by atoms with Crippen molar-refractivity contribution >= 4 is 5.97 Å². The third-order valence-electron chi connectivity index (χ3n) is 6.00. The van der Waals surface area contributed by atoms with Crippen LogP contribution in [0.5, 0.6) is 0 Å². The van der Waals surface area contributed by atoms with Gasteiger partial charge in [-0.05, 0) is 38.0 Å². The average molecular weight is 266 g/mol. The highest BCUT2D eigenvalue weighted by Gasteiger charge is 2.72. The molecule has 4 heteroatoms. The second-order valence-corrected chi connectivity index (χ2v) is 7.07. The summed E-state index contributed by atoms with van der Waals surface area (Å²) >= 11 is 0. The summed E-state index contributed by atoms with van der Waals surface area (Å²) in [5, 5.41) is 0. The number of carbonyl (C=O) groups is 1. The molecule has 4 fully saturated rings. The van der Waals surface area contributed by atoms with E-state index >= 15 is 0 Å². The third kappa shape index (κ3) is 1.34. The lowest BCUT2D eigenvalue weighted by molar-refractivity contribution is -0.263. The summed E-state index contributed by atoms with van der Waals surface area (Å²) in [6, 6.07) is 0. The van der Waals surface area contributed by atoms with Crippen LogP contribution in [0.25, 0.3) is 0 Å². The standard InChI is InChI=1S/C15H22O4/c1-8-4-5-11-9(2)12(16)17-13-15(11)10(8)6-7-14(3,18-13)19-15/h8-11,13H,4-7H2,1-3H3/t8?,9-,10?,11+,13?,14+,15?/m1/s1. The molecule has 7 atom stereocenters. The van der Waals surface area contributed by atoms with Gasteiger partial charge in [0.25, 0.3) is 0 Å². The topological polar surface area (TPSA) is 44.8 Å². The van der Waals surface area contributed by atoms with Crippen LogP contribution in [-0.2, 0) is 19.0 Å². The van der Waals surface area contributed by atoms with E-state index in [9.17, 15) is 4.79 Å². The zero-order chi connectivity index (χ0) is 13.4. The monoisotopic (exact) mass is 266 g/mol. The smallest absolute Gasteiger partial charge is 0.311 e. The van der Waals surface area contributed by atoms with E-state index in [0.717, 1.165) is 19.3 Å². The van der Waals surface area contributed by atoms with Crippen LogP contribution in [0, 0.1) is 23.7 Å². The highest BCUT2D eigenvalue weighted by Crippen LogP contribution is 2.62. The van der Waals surface area contributed by atoms with Crippen molar-refractivity contribution in [2.75, 3.05) is 0 Å². The number of ether oxygens (including phenoxy) is 3. The van der Waals surface area contributed by atoms with Crippen molar-refractivity contribution in [2.45, 2.75) is 64.1 Å². The molecule has 2 bridgehead atoms. The van der Waals surface area contributed by atoms with Gasteiger partial charge in [0.15, 0.2) is 5.79 Å². The zero-order valence-corrected chi connectivity index (χ0v) is 11.8. The van der Waals surface area contributed by atoms with Crippen LogP contribution in [0.3, 0.4) is 0 Å². The van der Waals surface area contributed by atoms with Crippen molar-refractivity contribution in [1.29, 1.82) is 0 Å². The molecule has 1 spiro atoms. The van der Waals surface area contributed by atoms with Gasteiger partial charge in [-0.15, -0.1) is 0 Å². The average Bonchev–Trinajstić information content (AvgIpc) is 2.56. The van der Waals surface area contributed by atoms with E-state index in [2.05, 4.69) is 6.92 Å². The molecule has 1 saturated carbocycles. The molecule has 19 heavy (non-hydrogen) atoms. The number of rotatable bonds is 0. The molecule has 4 rings (SSSR count). The fourth-order valence-electron chi connectivity index (χ4n) is 5.03. The Bertz CT molecular complexity index is 436. The fraction of sp³-hybridized carbons (Fsp3) is 0.933. The number of carbonyl (C=O) groups excluding carboxylic acids is 1. The molecule has 106 valence electrons. The van der Waals surface area contributed by atoms with Gasteiger partial charge in [0, 0.05) is 12.3 Å². The van der Waals surface area contributed by atoms with Crippen LogP contribution in [0.1, 0.15) is 46.5 Å². The summed E-state index contributed by atoms with van der Waals surface area (Å²) in [5.41, 5.74) is -0.377. The number of hydrogen-bond acceptors (Lipinski definition) is 4. The number of fused-ring (bicyclic) bond motifs is 1. The van der Waals surface area contributed by atoms with Crippen LogP contribution in [0.15, 0.2) is 0 Å². The van der Waals surface area contributed by atoms with Gasteiger partial charge < -0.3 is 14.2 Å². The van der Waals surface area contributed by atoms with Crippen molar-refractivity contribution in [3.05, 3.63) is 0 Å². The highest BCUT2D eigenvalue weighted by molar-refractivity contribution is 5.74. The summed E-state index contributed by atoms with van der Waals surface area (Å²) in [7, 11) is 0. The fourth-order valence-corrected chi connectivity index (χ4v) is 5.03. The van der Waals surface area contributed by atoms with E-state index in [0.29, 0.717) is 11.8 Å². The Morgan fingerprint density at radius 1 is 1.16 bits per heavy atom. The van der Waals surface area contributed by atoms with Gasteiger partial charge >= 0.3 is 5.97 Å². The van der Waals surface area contributed by atoms with Crippen LogP contribution in [-0.4, -0.2) is 23.6 Å². The summed E-state index contributed by atoms with van der Waals surface area (Å²) in [5.74, 6) is 0.586. The quantitative estimate of drug-likeness (QED) is 0.632. The number of esters is 1. The summed E-state index contributed by atoms with van der Waals surface area (Å²) < 4.78 is 18.0. The van der Waals surface area contributed by atoms with Crippen LogP contribution in [0.4, 0.5) is 0 Å². The van der Waals surface area contributed by atoms with Crippen LogP contribution >= 0.6 is 0 Å². The van der Waals surface area contributed by atoms with Crippen molar-refractivity contribution < 1.29 is 19.0 Å². The van der Waals surface area contributed by atoms with Gasteiger partial charge in [0.1, 0.15) is 5.60 Å². The molecular weight excluding hydrogens is 244 g/mol. The molecule has 3 saturated heterocycles. The maximum atomic E-state index is 12.1. The minimum atomic E-state index is -0.555. The molecule has 0 N–H and O–H groups in total. The first-order valence-corrected chi connectivity index (χ1v) is 7.55. The molecule has 0 aromatic heterocycles. The Labute approximate surface area is 113 Å². The minimum absolute atomic E-state index is 0.0738. The number of hydrogen-bond donors (Lipinski definition) is 0. The predicted molar refractivity (Wildman–Crippen MR) is 67.0 cm³/mol. The van der Waals surface area contributed by atoms with E-state index in [1.54, 1.807) is 0 Å². The van der Waals surface area contributed by atoms with Crippen LogP contribution in [0.2, 0.25) is 0 Å². The third-order valence-corrected chi connectivity index (χ3v) is 6.00. The van der Waals surface area contributed by atoms with E-state index in [1.165, 1.54) is 6.42 Å². The summed E-state index contributed by atoms with van der Waals surface area (Å²) in [6.45, 7) is 6.28. The van der Waals surface area contributed by atoms with Gasteiger partial charge in [0.2, 0.25) is 6.29 Å². The SMILES string of the molecule is CC1CC[C@H]2[C@@H](C)C(=O)OC3O[C@]4(C)CCC1C32O4. The first kappa shape index (κ1) is 12.2. The first-order valence-electron chi connectivity index (χ1n) is 7.55. The lowest BCUT2D eigenvalue weighted by Gasteiger charge is -2.56.